The number of nitrogens with one attached hydrogen (secondary N) is 1. The number of benzene rings is 2. The summed E-state index contributed by atoms with van der Waals surface area (Å²) in [5.74, 6) is 0.516. The highest BCUT2D eigenvalue weighted by molar-refractivity contribution is 5.94. The van der Waals surface area contributed by atoms with Crippen molar-refractivity contribution in [1.29, 1.82) is 0 Å². The van der Waals surface area contributed by atoms with E-state index in [1.165, 1.54) is 0 Å². The molecule has 7 heteroatoms. The molecule has 0 saturated carbocycles. The van der Waals surface area contributed by atoms with E-state index in [1.807, 2.05) is 35.0 Å². The predicted octanol–water partition coefficient (Wildman–Crippen LogP) is 3.20. The molecular weight excluding hydrogens is 380 g/mol. The summed E-state index contributed by atoms with van der Waals surface area (Å²) in [6.07, 6.45) is 4.56. The van der Waals surface area contributed by atoms with Crippen LogP contribution < -0.4 is 15.8 Å². The topological polar surface area (TPSA) is 98.7 Å². The van der Waals surface area contributed by atoms with Crippen LogP contribution in [0.1, 0.15) is 26.4 Å². The molecule has 150 valence electrons. The van der Waals surface area contributed by atoms with Crippen molar-refractivity contribution in [3.05, 3.63) is 95.9 Å². The Hall–Kier alpha value is -4.13. The van der Waals surface area contributed by atoms with Crippen molar-refractivity contribution < 1.29 is 14.3 Å². The number of primary amides is 1. The van der Waals surface area contributed by atoms with Gasteiger partial charge in [-0.1, -0.05) is 6.07 Å². The van der Waals surface area contributed by atoms with Gasteiger partial charge in [0.25, 0.3) is 5.91 Å². The Kier molecular flexibility index (Phi) is 5.43. The van der Waals surface area contributed by atoms with Crippen molar-refractivity contribution in [1.82, 2.24) is 14.7 Å². The van der Waals surface area contributed by atoms with Crippen LogP contribution in [0.2, 0.25) is 0 Å². The van der Waals surface area contributed by atoms with Crippen LogP contribution in [-0.2, 0) is 6.42 Å². The molecule has 0 fully saturated rings. The van der Waals surface area contributed by atoms with Crippen molar-refractivity contribution in [3.8, 4) is 11.5 Å². The van der Waals surface area contributed by atoms with E-state index in [0.717, 1.165) is 11.3 Å². The number of nitrogens with two attached hydrogens (primary N) is 1. The van der Waals surface area contributed by atoms with E-state index in [-0.39, 0.29) is 5.91 Å². The molecule has 0 aliphatic rings. The van der Waals surface area contributed by atoms with E-state index < -0.39 is 5.91 Å². The van der Waals surface area contributed by atoms with Crippen molar-refractivity contribution in [2.24, 2.45) is 5.73 Å². The number of carbonyl (C=O) groups excluding carboxylic acids is 2. The first kappa shape index (κ1) is 19.2. The monoisotopic (exact) mass is 400 g/mol. The average Bonchev–Trinajstić information content (AvgIpc) is 3.17. The highest BCUT2D eigenvalue weighted by Gasteiger charge is 2.07. The number of carbonyl (C=O) groups is 2. The number of pyridine rings is 1. The molecule has 0 saturated heterocycles. The molecule has 30 heavy (non-hydrogen) atoms. The van der Waals surface area contributed by atoms with E-state index in [0.29, 0.717) is 35.6 Å². The molecule has 0 unspecified atom stereocenters. The lowest BCUT2D eigenvalue weighted by Gasteiger charge is -2.08. The molecule has 0 bridgehead atoms. The van der Waals surface area contributed by atoms with E-state index in [9.17, 15) is 9.59 Å². The second-order valence-electron chi connectivity index (χ2n) is 6.72. The standard InChI is InChI=1S/C23H20N4O3/c24-22(28)16-4-8-19(9-5-16)30-20-10-6-17(7-11-20)23(29)25-13-12-18-15-27-14-2-1-3-21(27)26-18/h1-11,14-15H,12-13H2,(H2,24,28)(H,25,29). The Morgan fingerprint density at radius 1 is 0.933 bits per heavy atom. The van der Waals surface area contributed by atoms with Gasteiger partial charge in [-0.25, -0.2) is 4.98 Å². The van der Waals surface area contributed by atoms with Gasteiger partial charge in [0.2, 0.25) is 5.91 Å². The molecule has 0 atom stereocenters. The Bertz CT molecular complexity index is 1150. The minimum absolute atomic E-state index is 0.156. The zero-order valence-corrected chi connectivity index (χ0v) is 16.1. The van der Waals surface area contributed by atoms with Gasteiger partial charge in [-0.15, -0.1) is 0 Å². The van der Waals surface area contributed by atoms with Gasteiger partial charge in [0.1, 0.15) is 17.1 Å². The Balaban J connectivity index is 1.30. The quantitative estimate of drug-likeness (QED) is 0.498. The highest BCUT2D eigenvalue weighted by atomic mass is 16.5. The highest BCUT2D eigenvalue weighted by Crippen LogP contribution is 2.22. The van der Waals surface area contributed by atoms with Crippen LogP contribution in [0.3, 0.4) is 0 Å². The van der Waals surface area contributed by atoms with E-state index in [1.54, 1.807) is 48.5 Å². The number of nitrogens with zero attached hydrogens (tertiary/aromatic N) is 2. The number of ether oxygens (including phenoxy) is 1. The van der Waals surface area contributed by atoms with Crippen LogP contribution in [0.25, 0.3) is 5.65 Å². The minimum atomic E-state index is -0.488. The molecule has 0 radical (unpaired) electrons. The smallest absolute Gasteiger partial charge is 0.251 e. The molecule has 2 heterocycles. The summed E-state index contributed by atoms with van der Waals surface area (Å²) < 4.78 is 7.68. The zero-order chi connectivity index (χ0) is 20.9. The number of amides is 2. The van der Waals surface area contributed by atoms with Crippen molar-refractivity contribution in [3.63, 3.8) is 0 Å². The first-order valence-electron chi connectivity index (χ1n) is 9.47. The first-order valence-corrected chi connectivity index (χ1v) is 9.47. The van der Waals surface area contributed by atoms with Gasteiger partial charge in [-0.2, -0.15) is 0 Å². The summed E-state index contributed by atoms with van der Waals surface area (Å²) in [6, 6.07) is 19.2. The fourth-order valence-electron chi connectivity index (χ4n) is 3.01. The van der Waals surface area contributed by atoms with E-state index in [2.05, 4.69) is 10.3 Å². The molecule has 0 aliphatic carbocycles. The lowest BCUT2D eigenvalue weighted by atomic mass is 10.2. The van der Waals surface area contributed by atoms with Crippen LogP contribution in [-0.4, -0.2) is 27.7 Å². The lowest BCUT2D eigenvalue weighted by Crippen LogP contribution is -2.25. The summed E-state index contributed by atoms with van der Waals surface area (Å²) in [4.78, 5) is 28.0. The maximum absolute atomic E-state index is 12.4. The third-order valence-corrected chi connectivity index (χ3v) is 4.57. The molecule has 4 aromatic rings. The third-order valence-electron chi connectivity index (χ3n) is 4.57. The average molecular weight is 400 g/mol. The maximum Gasteiger partial charge on any atom is 0.251 e. The second kappa shape index (κ2) is 8.48. The molecule has 0 spiro atoms. The van der Waals surface area contributed by atoms with Crippen LogP contribution in [0.4, 0.5) is 0 Å². The van der Waals surface area contributed by atoms with Crippen molar-refractivity contribution >= 4 is 17.5 Å². The summed E-state index contributed by atoms with van der Waals surface area (Å²) in [7, 11) is 0. The Morgan fingerprint density at radius 3 is 2.23 bits per heavy atom. The normalized spacial score (nSPS) is 10.7. The third kappa shape index (κ3) is 4.47. The van der Waals surface area contributed by atoms with Gasteiger partial charge in [0.05, 0.1) is 5.69 Å². The molecule has 2 amide bonds. The van der Waals surface area contributed by atoms with Gasteiger partial charge < -0.3 is 20.2 Å². The largest absolute Gasteiger partial charge is 0.457 e. The first-order chi connectivity index (χ1) is 14.6. The molecule has 4 rings (SSSR count). The number of hydrogen-bond donors (Lipinski definition) is 2. The molecule has 7 nitrogen and oxygen atoms in total. The van der Waals surface area contributed by atoms with Crippen LogP contribution >= 0.6 is 0 Å². The maximum atomic E-state index is 12.4. The number of hydrogen-bond acceptors (Lipinski definition) is 4. The zero-order valence-electron chi connectivity index (χ0n) is 16.1. The number of imidazole rings is 1. The molecular formula is C23H20N4O3. The Morgan fingerprint density at radius 2 is 1.60 bits per heavy atom. The number of fused-ring (bicyclic) bond motifs is 1. The summed E-state index contributed by atoms with van der Waals surface area (Å²) in [5.41, 5.74) is 7.99. The van der Waals surface area contributed by atoms with Gasteiger partial charge >= 0.3 is 0 Å². The fourth-order valence-corrected chi connectivity index (χ4v) is 3.01. The second-order valence-corrected chi connectivity index (χ2v) is 6.72. The van der Waals surface area contributed by atoms with Crippen molar-refractivity contribution in [2.45, 2.75) is 6.42 Å². The van der Waals surface area contributed by atoms with Gasteiger partial charge in [0.15, 0.2) is 0 Å². The van der Waals surface area contributed by atoms with Gasteiger partial charge in [-0.05, 0) is 60.7 Å². The predicted molar refractivity (Wildman–Crippen MR) is 113 cm³/mol. The van der Waals surface area contributed by atoms with Crippen LogP contribution in [0.15, 0.2) is 79.1 Å². The number of aromatic nitrogens is 2. The van der Waals surface area contributed by atoms with Crippen LogP contribution in [0.5, 0.6) is 11.5 Å². The van der Waals surface area contributed by atoms with Gasteiger partial charge in [0, 0.05) is 36.5 Å². The molecule has 2 aromatic carbocycles. The molecule has 0 aliphatic heterocycles. The van der Waals surface area contributed by atoms with E-state index >= 15 is 0 Å². The molecule has 3 N–H and O–H groups in total. The summed E-state index contributed by atoms with van der Waals surface area (Å²) in [5, 5.41) is 2.90. The Labute approximate surface area is 173 Å². The van der Waals surface area contributed by atoms with E-state index in [4.69, 9.17) is 10.5 Å². The molecule has 2 aromatic heterocycles. The number of rotatable bonds is 7. The SMILES string of the molecule is NC(=O)c1ccc(Oc2ccc(C(=O)NCCc3cn4ccccc4n3)cc2)cc1. The van der Waals surface area contributed by atoms with Gasteiger partial charge in [-0.3, -0.25) is 9.59 Å². The summed E-state index contributed by atoms with van der Waals surface area (Å²) >= 11 is 0. The lowest BCUT2D eigenvalue weighted by molar-refractivity contribution is 0.0952. The van der Waals surface area contributed by atoms with Crippen LogP contribution in [0, 0.1) is 0 Å². The summed E-state index contributed by atoms with van der Waals surface area (Å²) in [6.45, 7) is 0.493. The van der Waals surface area contributed by atoms with Crippen molar-refractivity contribution in [2.75, 3.05) is 6.54 Å². The minimum Gasteiger partial charge on any atom is -0.457 e. The fraction of sp³-hybridized carbons (Fsp3) is 0.0870.